The number of aryl methyl sites for hydroxylation is 1. The Morgan fingerprint density at radius 3 is 2.17 bits per heavy atom. The van der Waals surface area contributed by atoms with Crippen LogP contribution in [0.5, 0.6) is 5.75 Å². The summed E-state index contributed by atoms with van der Waals surface area (Å²) in [5.41, 5.74) is 3.31. The van der Waals surface area contributed by atoms with Crippen LogP contribution in [0.15, 0.2) is 48.5 Å². The molecule has 0 N–H and O–H groups in total. The summed E-state index contributed by atoms with van der Waals surface area (Å²) in [6.45, 7) is 2.06. The van der Waals surface area contributed by atoms with Crippen LogP contribution in [0.3, 0.4) is 0 Å². The lowest BCUT2D eigenvalue weighted by Crippen LogP contribution is -1.82. The van der Waals surface area contributed by atoms with Crippen LogP contribution in [0.2, 0.25) is 0 Å². The minimum atomic E-state index is 0.736. The van der Waals surface area contributed by atoms with Gasteiger partial charge in [-0.05, 0) is 36.3 Å². The number of hydrogen-bond donors (Lipinski definition) is 0. The zero-order valence-electron chi connectivity index (χ0n) is 10.5. The summed E-state index contributed by atoms with van der Waals surface area (Å²) in [4.78, 5) is 0. The van der Waals surface area contributed by atoms with Gasteiger partial charge in [0.25, 0.3) is 0 Å². The second-order valence-electron chi connectivity index (χ2n) is 4.13. The molecule has 2 rings (SSSR count). The van der Waals surface area contributed by atoms with Gasteiger partial charge in [-0.1, -0.05) is 53.6 Å². The van der Waals surface area contributed by atoms with Crippen molar-refractivity contribution < 1.29 is 4.74 Å². The van der Waals surface area contributed by atoms with Gasteiger partial charge in [0, 0.05) is 5.03 Å². The highest BCUT2D eigenvalue weighted by Gasteiger charge is 1.98. The molecule has 92 valence electrons. The third-order valence-electron chi connectivity index (χ3n) is 2.74. The van der Waals surface area contributed by atoms with Crippen LogP contribution in [0, 0.1) is 6.92 Å². The molecule has 0 aliphatic carbocycles. The van der Waals surface area contributed by atoms with Crippen molar-refractivity contribution in [3.63, 3.8) is 0 Å². The number of hydrogen-bond acceptors (Lipinski definition) is 1. The predicted molar refractivity (Wildman–Crippen MR) is 77.9 cm³/mol. The van der Waals surface area contributed by atoms with Crippen LogP contribution in [0.4, 0.5) is 0 Å². The van der Waals surface area contributed by atoms with Gasteiger partial charge in [0.05, 0.1) is 7.11 Å². The average Bonchev–Trinajstić information content (AvgIpc) is 2.40. The summed E-state index contributed by atoms with van der Waals surface area (Å²) in [5.74, 6) is 0.846. The summed E-state index contributed by atoms with van der Waals surface area (Å²) >= 11 is 6.30. The zero-order chi connectivity index (χ0) is 13.0. The summed E-state index contributed by atoms with van der Waals surface area (Å²) in [5, 5.41) is 0.736. The highest BCUT2D eigenvalue weighted by molar-refractivity contribution is 6.51. The molecule has 0 aromatic heterocycles. The van der Waals surface area contributed by atoms with Gasteiger partial charge < -0.3 is 4.74 Å². The Hall–Kier alpha value is -1.73. The van der Waals surface area contributed by atoms with Gasteiger partial charge in [0.1, 0.15) is 5.75 Å². The first kappa shape index (κ1) is 12.7. The Balaban J connectivity index is 2.23. The fourth-order valence-corrected chi connectivity index (χ4v) is 1.89. The number of methoxy groups -OCH3 is 1. The highest BCUT2D eigenvalue weighted by Crippen LogP contribution is 2.23. The maximum absolute atomic E-state index is 6.30. The Kier molecular flexibility index (Phi) is 4.06. The van der Waals surface area contributed by atoms with Crippen molar-refractivity contribution >= 4 is 22.7 Å². The van der Waals surface area contributed by atoms with Gasteiger partial charge in [0.2, 0.25) is 0 Å². The molecule has 0 aliphatic rings. The van der Waals surface area contributed by atoms with Crippen LogP contribution in [-0.4, -0.2) is 7.11 Å². The molecule has 0 saturated carbocycles. The van der Waals surface area contributed by atoms with Crippen molar-refractivity contribution in [2.24, 2.45) is 0 Å². The molecule has 0 radical (unpaired) electrons. The largest absolute Gasteiger partial charge is 0.497 e. The van der Waals surface area contributed by atoms with E-state index in [1.165, 1.54) is 5.56 Å². The highest BCUT2D eigenvalue weighted by atomic mass is 35.5. The third kappa shape index (κ3) is 3.14. The molecule has 0 unspecified atom stereocenters. The quantitative estimate of drug-likeness (QED) is 0.723. The molecular weight excluding hydrogens is 244 g/mol. The lowest BCUT2D eigenvalue weighted by molar-refractivity contribution is 0.415. The Morgan fingerprint density at radius 2 is 1.61 bits per heavy atom. The van der Waals surface area contributed by atoms with Crippen molar-refractivity contribution in [1.29, 1.82) is 0 Å². The molecule has 0 bridgehead atoms. The van der Waals surface area contributed by atoms with E-state index >= 15 is 0 Å². The van der Waals surface area contributed by atoms with E-state index in [0.717, 1.165) is 21.9 Å². The van der Waals surface area contributed by atoms with Crippen molar-refractivity contribution in [2.45, 2.75) is 6.92 Å². The minimum Gasteiger partial charge on any atom is -0.497 e. The second-order valence-corrected chi connectivity index (χ2v) is 4.54. The van der Waals surface area contributed by atoms with Gasteiger partial charge in [-0.2, -0.15) is 0 Å². The number of benzene rings is 2. The molecule has 0 atom stereocenters. The Morgan fingerprint density at radius 1 is 1.00 bits per heavy atom. The molecule has 2 aromatic carbocycles. The Bertz CT molecular complexity index is 538. The SMILES string of the molecule is COc1ccc(/C=C(/Cl)c2ccc(C)cc2)cc1. The molecule has 0 heterocycles. The summed E-state index contributed by atoms with van der Waals surface area (Å²) < 4.78 is 5.12. The third-order valence-corrected chi connectivity index (χ3v) is 3.06. The number of rotatable bonds is 3. The van der Waals surface area contributed by atoms with E-state index in [2.05, 4.69) is 19.1 Å². The lowest BCUT2D eigenvalue weighted by Gasteiger charge is -2.02. The van der Waals surface area contributed by atoms with Gasteiger partial charge >= 0.3 is 0 Å². The lowest BCUT2D eigenvalue weighted by atomic mass is 10.1. The molecular formula is C16H15ClO. The first-order valence-corrected chi connectivity index (χ1v) is 6.15. The van der Waals surface area contributed by atoms with Gasteiger partial charge in [-0.15, -0.1) is 0 Å². The fraction of sp³-hybridized carbons (Fsp3) is 0.125. The molecule has 2 aromatic rings. The minimum absolute atomic E-state index is 0.736. The standard InChI is InChI=1S/C16H15ClO/c1-12-3-7-14(8-4-12)16(17)11-13-5-9-15(18-2)10-6-13/h3-11H,1-2H3/b16-11+. The van der Waals surface area contributed by atoms with Crippen molar-refractivity contribution in [3.05, 3.63) is 65.2 Å². The van der Waals surface area contributed by atoms with Crippen LogP contribution in [-0.2, 0) is 0 Å². The van der Waals surface area contributed by atoms with Crippen LogP contribution in [0.25, 0.3) is 11.1 Å². The van der Waals surface area contributed by atoms with Gasteiger partial charge in [-0.3, -0.25) is 0 Å². The summed E-state index contributed by atoms with van der Waals surface area (Å²) in [6.07, 6.45) is 1.95. The Labute approximate surface area is 113 Å². The topological polar surface area (TPSA) is 9.23 Å². The van der Waals surface area contributed by atoms with E-state index in [9.17, 15) is 0 Å². The number of halogens is 1. The first-order chi connectivity index (χ1) is 8.69. The van der Waals surface area contributed by atoms with E-state index in [1.54, 1.807) is 7.11 Å². The average molecular weight is 259 g/mol. The van der Waals surface area contributed by atoms with E-state index < -0.39 is 0 Å². The smallest absolute Gasteiger partial charge is 0.118 e. The molecule has 0 amide bonds. The second kappa shape index (κ2) is 5.74. The van der Waals surface area contributed by atoms with E-state index in [-0.39, 0.29) is 0 Å². The maximum atomic E-state index is 6.30. The molecule has 0 saturated heterocycles. The van der Waals surface area contributed by atoms with Crippen LogP contribution < -0.4 is 4.74 Å². The number of ether oxygens (including phenoxy) is 1. The van der Waals surface area contributed by atoms with Crippen LogP contribution >= 0.6 is 11.6 Å². The molecule has 0 aliphatic heterocycles. The fourth-order valence-electron chi connectivity index (χ4n) is 1.64. The summed E-state index contributed by atoms with van der Waals surface area (Å²) in [6, 6.07) is 16.0. The normalized spacial score (nSPS) is 11.4. The molecule has 2 heteroatoms. The molecule has 1 nitrogen and oxygen atoms in total. The zero-order valence-corrected chi connectivity index (χ0v) is 11.2. The maximum Gasteiger partial charge on any atom is 0.118 e. The first-order valence-electron chi connectivity index (χ1n) is 5.77. The molecule has 0 fully saturated rings. The molecule has 18 heavy (non-hydrogen) atoms. The van der Waals surface area contributed by atoms with Gasteiger partial charge in [0.15, 0.2) is 0 Å². The van der Waals surface area contributed by atoms with Crippen LogP contribution in [0.1, 0.15) is 16.7 Å². The summed E-state index contributed by atoms with van der Waals surface area (Å²) in [7, 11) is 1.66. The van der Waals surface area contributed by atoms with Crippen molar-refractivity contribution in [2.75, 3.05) is 7.11 Å². The van der Waals surface area contributed by atoms with E-state index in [0.29, 0.717) is 0 Å². The van der Waals surface area contributed by atoms with E-state index in [4.69, 9.17) is 16.3 Å². The monoisotopic (exact) mass is 258 g/mol. The molecule has 0 spiro atoms. The van der Waals surface area contributed by atoms with Gasteiger partial charge in [-0.25, -0.2) is 0 Å². The van der Waals surface area contributed by atoms with E-state index in [1.807, 2.05) is 42.5 Å². The van der Waals surface area contributed by atoms with Crippen molar-refractivity contribution in [1.82, 2.24) is 0 Å². The van der Waals surface area contributed by atoms with Crippen molar-refractivity contribution in [3.8, 4) is 5.75 Å². The predicted octanol–water partition coefficient (Wildman–Crippen LogP) is 4.74.